The molecule has 0 saturated heterocycles. The number of benzene rings is 4. The number of rotatable bonds is 9. The Morgan fingerprint density at radius 1 is 0.718 bits per heavy atom. The number of hydrogen-bond acceptors (Lipinski definition) is 6. The zero-order valence-corrected chi connectivity index (χ0v) is 21.7. The minimum atomic E-state index is -0.505. The standard InChI is InChI=1S/C21H20O2.C9H9NO3.CH3NO/c1-3-7-19(8-4-1)17-22-16-15-18-11-13-21(14-12-18)23-20-9-5-2-6-10-20;1-6(11)13-8-4-2-7(3-5-8)9(10)12;2-1-3/h1-14H,15-17H2;2-5H,1H3,(H2,10,12);1H,(H2,2,3). The van der Waals surface area contributed by atoms with Gasteiger partial charge < -0.3 is 25.7 Å². The highest BCUT2D eigenvalue weighted by molar-refractivity contribution is 5.92. The van der Waals surface area contributed by atoms with Crippen molar-refractivity contribution < 1.29 is 28.6 Å². The van der Waals surface area contributed by atoms with Gasteiger partial charge in [0.25, 0.3) is 0 Å². The minimum Gasteiger partial charge on any atom is -0.457 e. The van der Waals surface area contributed by atoms with Gasteiger partial charge in [-0.05, 0) is 66.1 Å². The Bertz CT molecular complexity index is 1260. The molecule has 4 aromatic rings. The fourth-order valence-electron chi connectivity index (χ4n) is 3.16. The highest BCUT2D eigenvalue weighted by atomic mass is 16.5. The summed E-state index contributed by atoms with van der Waals surface area (Å²) in [5.74, 6) is 1.20. The molecule has 0 saturated carbocycles. The highest BCUT2D eigenvalue weighted by Crippen LogP contribution is 2.21. The van der Waals surface area contributed by atoms with Gasteiger partial charge in [0.15, 0.2) is 0 Å². The molecule has 39 heavy (non-hydrogen) atoms. The van der Waals surface area contributed by atoms with Crippen molar-refractivity contribution in [1.29, 1.82) is 0 Å². The van der Waals surface area contributed by atoms with E-state index in [2.05, 4.69) is 30.0 Å². The SMILES string of the molecule is CC(=O)Oc1ccc(C(N)=O)cc1.NC=O.c1ccc(COCCc2ccc(Oc3ccccc3)cc2)cc1. The topological polar surface area (TPSA) is 131 Å². The Morgan fingerprint density at radius 2 is 1.23 bits per heavy atom. The van der Waals surface area contributed by atoms with Crippen LogP contribution in [0, 0.1) is 0 Å². The predicted octanol–water partition coefficient (Wildman–Crippen LogP) is 5.05. The first kappa shape index (κ1) is 30.3. The van der Waals surface area contributed by atoms with Gasteiger partial charge in [-0.3, -0.25) is 14.4 Å². The van der Waals surface area contributed by atoms with Gasteiger partial charge in [-0.2, -0.15) is 0 Å². The molecule has 0 heterocycles. The number of esters is 1. The summed E-state index contributed by atoms with van der Waals surface area (Å²) in [6.07, 6.45) is 1.15. The van der Waals surface area contributed by atoms with Gasteiger partial charge in [-0.1, -0.05) is 60.7 Å². The van der Waals surface area contributed by atoms with Gasteiger partial charge in [-0.15, -0.1) is 0 Å². The smallest absolute Gasteiger partial charge is 0.308 e. The van der Waals surface area contributed by atoms with Crippen LogP contribution >= 0.6 is 0 Å². The van der Waals surface area contributed by atoms with Crippen molar-refractivity contribution in [3.8, 4) is 17.2 Å². The number of amides is 2. The molecule has 0 aromatic heterocycles. The van der Waals surface area contributed by atoms with E-state index in [9.17, 15) is 9.59 Å². The van der Waals surface area contributed by atoms with E-state index in [1.165, 1.54) is 42.3 Å². The van der Waals surface area contributed by atoms with Crippen molar-refractivity contribution in [3.05, 3.63) is 126 Å². The summed E-state index contributed by atoms with van der Waals surface area (Å²) < 4.78 is 16.3. The molecular weight excluding hydrogens is 496 g/mol. The fraction of sp³-hybridized carbons (Fsp3) is 0.129. The van der Waals surface area contributed by atoms with Gasteiger partial charge >= 0.3 is 5.97 Å². The number of nitrogens with two attached hydrogens (primary N) is 2. The normalized spacial score (nSPS) is 9.56. The average molecular weight is 529 g/mol. The summed E-state index contributed by atoms with van der Waals surface area (Å²) >= 11 is 0. The molecule has 0 bridgehead atoms. The van der Waals surface area contributed by atoms with Crippen molar-refractivity contribution in [3.63, 3.8) is 0 Å². The summed E-state index contributed by atoms with van der Waals surface area (Å²) in [5, 5.41) is 0. The predicted molar refractivity (Wildman–Crippen MR) is 149 cm³/mol. The molecule has 0 atom stereocenters. The molecule has 0 aliphatic carbocycles. The first-order chi connectivity index (χ1) is 18.9. The number of primary amides is 2. The molecule has 8 heteroatoms. The Hall–Kier alpha value is -4.95. The van der Waals surface area contributed by atoms with E-state index in [4.69, 9.17) is 24.7 Å². The van der Waals surface area contributed by atoms with Crippen molar-refractivity contribution in [1.82, 2.24) is 0 Å². The van der Waals surface area contributed by atoms with Crippen LogP contribution < -0.4 is 20.9 Å². The molecule has 0 spiro atoms. The van der Waals surface area contributed by atoms with E-state index in [0.29, 0.717) is 24.5 Å². The molecule has 0 fully saturated rings. The van der Waals surface area contributed by atoms with E-state index in [-0.39, 0.29) is 6.41 Å². The second-order valence-corrected chi connectivity index (χ2v) is 7.97. The largest absolute Gasteiger partial charge is 0.457 e. The fourth-order valence-corrected chi connectivity index (χ4v) is 3.16. The first-order valence-electron chi connectivity index (χ1n) is 12.1. The highest BCUT2D eigenvalue weighted by Gasteiger charge is 2.01. The lowest BCUT2D eigenvalue weighted by molar-refractivity contribution is -0.131. The van der Waals surface area contributed by atoms with Crippen molar-refractivity contribution in [2.24, 2.45) is 11.5 Å². The molecule has 202 valence electrons. The van der Waals surface area contributed by atoms with Crippen LogP contribution in [0.1, 0.15) is 28.4 Å². The number of para-hydroxylation sites is 1. The molecule has 4 aromatic carbocycles. The summed E-state index contributed by atoms with van der Waals surface area (Å²) in [7, 11) is 0. The monoisotopic (exact) mass is 528 g/mol. The summed E-state index contributed by atoms with van der Waals surface area (Å²) in [6, 6.07) is 34.3. The summed E-state index contributed by atoms with van der Waals surface area (Å²) in [5.41, 5.74) is 12.0. The molecule has 0 aliphatic rings. The average Bonchev–Trinajstić information content (AvgIpc) is 2.94. The van der Waals surface area contributed by atoms with E-state index < -0.39 is 11.9 Å². The Balaban J connectivity index is 0.000000282. The zero-order valence-electron chi connectivity index (χ0n) is 21.7. The van der Waals surface area contributed by atoms with Crippen LogP contribution in [0.3, 0.4) is 0 Å². The lowest BCUT2D eigenvalue weighted by atomic mass is 10.1. The van der Waals surface area contributed by atoms with Gasteiger partial charge in [0.2, 0.25) is 12.3 Å². The van der Waals surface area contributed by atoms with Crippen LogP contribution in [0.4, 0.5) is 0 Å². The Morgan fingerprint density at radius 3 is 1.77 bits per heavy atom. The lowest BCUT2D eigenvalue weighted by Crippen LogP contribution is -2.10. The summed E-state index contributed by atoms with van der Waals surface area (Å²) in [4.78, 5) is 29.8. The minimum absolute atomic E-state index is 0.250. The summed E-state index contributed by atoms with van der Waals surface area (Å²) in [6.45, 7) is 2.69. The molecule has 8 nitrogen and oxygen atoms in total. The van der Waals surface area contributed by atoms with Crippen molar-refractivity contribution in [2.75, 3.05) is 6.61 Å². The van der Waals surface area contributed by atoms with Crippen LogP contribution in [-0.4, -0.2) is 24.9 Å². The number of ether oxygens (including phenoxy) is 3. The van der Waals surface area contributed by atoms with Gasteiger partial charge in [0.1, 0.15) is 17.2 Å². The number of hydrogen-bond donors (Lipinski definition) is 2. The van der Waals surface area contributed by atoms with Gasteiger partial charge in [-0.25, -0.2) is 0 Å². The quantitative estimate of drug-likeness (QED) is 0.135. The van der Waals surface area contributed by atoms with E-state index in [1.807, 2.05) is 60.7 Å². The molecule has 0 aliphatic heterocycles. The number of carbonyl (C=O) groups excluding carboxylic acids is 3. The zero-order chi connectivity index (χ0) is 28.3. The van der Waals surface area contributed by atoms with Crippen molar-refractivity contribution >= 4 is 18.3 Å². The van der Waals surface area contributed by atoms with Crippen LogP contribution in [0.2, 0.25) is 0 Å². The van der Waals surface area contributed by atoms with E-state index in [1.54, 1.807) is 0 Å². The third-order valence-corrected chi connectivity index (χ3v) is 4.95. The second-order valence-electron chi connectivity index (χ2n) is 7.97. The first-order valence-corrected chi connectivity index (χ1v) is 12.1. The van der Waals surface area contributed by atoms with E-state index >= 15 is 0 Å². The lowest BCUT2D eigenvalue weighted by Gasteiger charge is -2.07. The molecule has 2 amide bonds. The van der Waals surface area contributed by atoms with Crippen LogP contribution in [0.5, 0.6) is 17.2 Å². The Labute approximate surface area is 228 Å². The maximum atomic E-state index is 10.6. The van der Waals surface area contributed by atoms with Gasteiger partial charge in [0, 0.05) is 12.5 Å². The van der Waals surface area contributed by atoms with E-state index in [0.717, 1.165) is 17.9 Å². The molecule has 0 radical (unpaired) electrons. The number of carbonyl (C=O) groups is 3. The van der Waals surface area contributed by atoms with Crippen LogP contribution in [-0.2, 0) is 27.4 Å². The van der Waals surface area contributed by atoms with Gasteiger partial charge in [0.05, 0.1) is 13.2 Å². The molecule has 0 unspecified atom stereocenters. The molecular formula is C31H32N2O6. The molecule has 4 rings (SSSR count). The second kappa shape index (κ2) is 17.5. The van der Waals surface area contributed by atoms with Crippen molar-refractivity contribution in [2.45, 2.75) is 20.0 Å². The third-order valence-electron chi connectivity index (χ3n) is 4.95. The van der Waals surface area contributed by atoms with Crippen LogP contribution in [0.25, 0.3) is 0 Å². The van der Waals surface area contributed by atoms with Crippen LogP contribution in [0.15, 0.2) is 109 Å². The third kappa shape index (κ3) is 12.7. The Kier molecular flexibility index (Phi) is 13.6. The maximum absolute atomic E-state index is 10.6. The maximum Gasteiger partial charge on any atom is 0.308 e. The molecule has 4 N–H and O–H groups in total.